The summed E-state index contributed by atoms with van der Waals surface area (Å²) in [5, 5.41) is 7.80. The predicted molar refractivity (Wildman–Crippen MR) is 127 cm³/mol. The first-order chi connectivity index (χ1) is 14.5. The van der Waals surface area contributed by atoms with Crippen molar-refractivity contribution in [2.75, 3.05) is 11.1 Å². The van der Waals surface area contributed by atoms with Gasteiger partial charge in [0.05, 0.1) is 22.0 Å². The summed E-state index contributed by atoms with van der Waals surface area (Å²) in [6.07, 6.45) is 0.745. The molecule has 0 aliphatic rings. The molecule has 0 saturated carbocycles. The molecule has 0 spiro atoms. The minimum Gasteiger partial charge on any atom is -0.324 e. The summed E-state index contributed by atoms with van der Waals surface area (Å²) in [4.78, 5) is 31.4. The first-order valence-corrected chi connectivity index (χ1v) is 12.3. The van der Waals surface area contributed by atoms with Crippen molar-refractivity contribution in [3.63, 3.8) is 0 Å². The Bertz CT molecular complexity index is 1230. The first-order valence-electron chi connectivity index (χ1n) is 9.21. The number of halogens is 1. The van der Waals surface area contributed by atoms with Crippen molar-refractivity contribution in [3.8, 4) is 0 Å². The number of rotatable bonds is 7. The molecule has 1 amide bonds. The van der Waals surface area contributed by atoms with E-state index < -0.39 is 0 Å². The Kier molecular flexibility index (Phi) is 6.58. The fraction of sp³-hybridized carbons (Fsp3) is 0.190. The highest BCUT2D eigenvalue weighted by Gasteiger charge is 2.15. The molecule has 0 bridgehead atoms. The van der Waals surface area contributed by atoms with Gasteiger partial charge in [-0.15, -0.1) is 22.7 Å². The summed E-state index contributed by atoms with van der Waals surface area (Å²) >= 11 is 10.5. The number of hydrogen-bond acceptors (Lipinski definition) is 6. The summed E-state index contributed by atoms with van der Waals surface area (Å²) in [7, 11) is 0. The molecule has 4 rings (SSSR count). The lowest BCUT2D eigenvalue weighted by molar-refractivity contribution is -0.113. The molecule has 1 aromatic carbocycles. The lowest BCUT2D eigenvalue weighted by atomic mass is 10.2. The number of aromatic nitrogens is 2. The Morgan fingerprint density at radius 2 is 2.07 bits per heavy atom. The number of carbonyl (C=O) groups excluding carboxylic acids is 1. The zero-order chi connectivity index (χ0) is 21.1. The van der Waals surface area contributed by atoms with Crippen molar-refractivity contribution in [1.82, 2.24) is 9.55 Å². The van der Waals surface area contributed by atoms with Gasteiger partial charge in [0.1, 0.15) is 4.70 Å². The number of hydrogen-bond donors (Lipinski definition) is 1. The van der Waals surface area contributed by atoms with Gasteiger partial charge in [0.2, 0.25) is 5.91 Å². The highest BCUT2D eigenvalue weighted by atomic mass is 35.5. The van der Waals surface area contributed by atoms with Crippen LogP contribution in [0.1, 0.15) is 10.4 Å². The lowest BCUT2D eigenvalue weighted by Gasteiger charge is -2.13. The van der Waals surface area contributed by atoms with Crippen LogP contribution in [-0.4, -0.2) is 21.2 Å². The van der Waals surface area contributed by atoms with E-state index in [4.69, 9.17) is 11.6 Å². The summed E-state index contributed by atoms with van der Waals surface area (Å²) in [5.74, 6) is -0.0631. The predicted octanol–water partition coefficient (Wildman–Crippen LogP) is 5.45. The number of fused-ring (bicyclic) bond motifs is 1. The summed E-state index contributed by atoms with van der Waals surface area (Å²) in [5.41, 5.74) is 2.12. The molecule has 0 radical (unpaired) electrons. The van der Waals surface area contributed by atoms with Crippen molar-refractivity contribution in [2.45, 2.75) is 25.0 Å². The number of anilines is 1. The first kappa shape index (κ1) is 21.1. The number of thiophene rings is 2. The van der Waals surface area contributed by atoms with Crippen LogP contribution in [-0.2, 0) is 17.8 Å². The van der Waals surface area contributed by atoms with Crippen LogP contribution in [0.5, 0.6) is 0 Å². The molecule has 0 aliphatic heterocycles. The average Bonchev–Trinajstić information content (AvgIpc) is 3.40. The number of thioether (sulfide) groups is 1. The largest absolute Gasteiger partial charge is 0.324 e. The van der Waals surface area contributed by atoms with Crippen LogP contribution in [0.25, 0.3) is 10.2 Å². The summed E-state index contributed by atoms with van der Waals surface area (Å²) in [6.45, 7) is 2.41. The SMILES string of the molecule is Cc1cccc(Cl)c1NC(=O)CSc1nc2ccsc2c(=O)n1CCc1cccs1. The van der Waals surface area contributed by atoms with Gasteiger partial charge < -0.3 is 5.32 Å². The molecule has 5 nitrogen and oxygen atoms in total. The van der Waals surface area contributed by atoms with Gasteiger partial charge in [-0.3, -0.25) is 14.2 Å². The number of nitrogens with zero attached hydrogens (tertiary/aromatic N) is 2. The van der Waals surface area contributed by atoms with E-state index in [2.05, 4.69) is 16.4 Å². The number of benzene rings is 1. The third kappa shape index (κ3) is 4.62. The quantitative estimate of drug-likeness (QED) is 0.285. The number of amides is 1. The summed E-state index contributed by atoms with van der Waals surface area (Å²) < 4.78 is 2.32. The maximum Gasteiger partial charge on any atom is 0.272 e. The molecule has 1 N–H and O–H groups in total. The zero-order valence-corrected chi connectivity index (χ0v) is 19.3. The highest BCUT2D eigenvalue weighted by molar-refractivity contribution is 7.99. The standard InChI is InChI=1S/C21H18ClN3O2S3/c1-13-4-2-6-15(22)18(13)24-17(26)12-30-21-23-16-8-11-29-19(16)20(27)25(21)9-7-14-5-3-10-28-14/h2-6,8,10-11H,7,9,12H2,1H3,(H,24,26). The molecular formula is C21H18ClN3O2S3. The number of nitrogens with one attached hydrogen (secondary N) is 1. The van der Waals surface area contributed by atoms with E-state index >= 15 is 0 Å². The minimum absolute atomic E-state index is 0.0589. The van der Waals surface area contributed by atoms with Crippen LogP contribution in [0.4, 0.5) is 5.69 Å². The molecule has 3 aromatic heterocycles. The fourth-order valence-corrected chi connectivity index (χ4v) is 5.57. The third-order valence-electron chi connectivity index (χ3n) is 4.51. The molecule has 3 heterocycles. The van der Waals surface area contributed by atoms with Crippen molar-refractivity contribution in [1.29, 1.82) is 0 Å². The highest BCUT2D eigenvalue weighted by Crippen LogP contribution is 2.26. The Morgan fingerprint density at radius 1 is 1.20 bits per heavy atom. The molecular weight excluding hydrogens is 458 g/mol. The van der Waals surface area contributed by atoms with Crippen LogP contribution < -0.4 is 10.9 Å². The molecule has 0 aliphatic carbocycles. The third-order valence-corrected chi connectivity index (χ3v) is 7.63. The summed E-state index contributed by atoms with van der Waals surface area (Å²) in [6, 6.07) is 11.4. The van der Waals surface area contributed by atoms with Crippen LogP contribution in [0.15, 0.2) is 57.1 Å². The number of para-hydroxylation sites is 1. The van der Waals surface area contributed by atoms with Gasteiger partial charge >= 0.3 is 0 Å². The van der Waals surface area contributed by atoms with Crippen molar-refractivity contribution < 1.29 is 4.79 Å². The maximum atomic E-state index is 13.0. The Labute approximate surface area is 190 Å². The van der Waals surface area contributed by atoms with Gasteiger partial charge in [-0.05, 0) is 47.9 Å². The van der Waals surface area contributed by atoms with Gasteiger partial charge in [-0.1, -0.05) is 41.6 Å². The van der Waals surface area contributed by atoms with Crippen LogP contribution >= 0.6 is 46.0 Å². The average molecular weight is 476 g/mol. The number of aryl methyl sites for hydroxylation is 2. The second kappa shape index (κ2) is 9.34. The van der Waals surface area contributed by atoms with E-state index in [1.807, 2.05) is 41.9 Å². The molecule has 30 heavy (non-hydrogen) atoms. The van der Waals surface area contributed by atoms with Crippen LogP contribution in [0, 0.1) is 6.92 Å². The Morgan fingerprint density at radius 3 is 2.83 bits per heavy atom. The van der Waals surface area contributed by atoms with E-state index in [1.54, 1.807) is 22.0 Å². The van der Waals surface area contributed by atoms with Gasteiger partial charge in [-0.2, -0.15) is 0 Å². The van der Waals surface area contributed by atoms with E-state index in [0.717, 1.165) is 12.0 Å². The second-order valence-electron chi connectivity index (χ2n) is 6.58. The van der Waals surface area contributed by atoms with E-state index in [1.165, 1.54) is 28.0 Å². The van der Waals surface area contributed by atoms with E-state index in [9.17, 15) is 9.59 Å². The van der Waals surface area contributed by atoms with E-state index in [0.29, 0.717) is 32.6 Å². The van der Waals surface area contributed by atoms with Gasteiger partial charge in [0.15, 0.2) is 5.16 Å². The monoisotopic (exact) mass is 475 g/mol. The molecule has 4 aromatic rings. The molecule has 0 unspecified atom stereocenters. The van der Waals surface area contributed by atoms with E-state index in [-0.39, 0.29) is 17.2 Å². The lowest BCUT2D eigenvalue weighted by Crippen LogP contribution is -2.24. The smallest absolute Gasteiger partial charge is 0.272 e. The zero-order valence-electron chi connectivity index (χ0n) is 16.1. The maximum absolute atomic E-state index is 13.0. The Balaban J connectivity index is 1.54. The van der Waals surface area contributed by atoms with Crippen molar-refractivity contribution >= 4 is 67.8 Å². The topological polar surface area (TPSA) is 64.0 Å². The molecule has 0 saturated heterocycles. The second-order valence-corrected chi connectivity index (χ2v) is 9.88. The van der Waals surface area contributed by atoms with Crippen LogP contribution in [0.2, 0.25) is 5.02 Å². The molecule has 0 atom stereocenters. The minimum atomic E-state index is -0.194. The van der Waals surface area contributed by atoms with Crippen molar-refractivity contribution in [2.24, 2.45) is 0 Å². The molecule has 9 heteroatoms. The molecule has 0 fully saturated rings. The van der Waals surface area contributed by atoms with Gasteiger partial charge in [-0.25, -0.2) is 4.98 Å². The fourth-order valence-electron chi connectivity index (χ4n) is 3.00. The molecule has 154 valence electrons. The Hall–Kier alpha value is -2.13. The van der Waals surface area contributed by atoms with Crippen molar-refractivity contribution in [3.05, 3.63) is 73.0 Å². The van der Waals surface area contributed by atoms with Gasteiger partial charge in [0, 0.05) is 11.4 Å². The normalized spacial score (nSPS) is 11.1. The van der Waals surface area contributed by atoms with Gasteiger partial charge in [0.25, 0.3) is 5.56 Å². The van der Waals surface area contributed by atoms with Crippen LogP contribution in [0.3, 0.4) is 0 Å². The number of carbonyl (C=O) groups is 1.